The van der Waals surface area contributed by atoms with Crippen LogP contribution in [0, 0.1) is 0 Å². The maximum Gasteiger partial charge on any atom is 0.418 e. The summed E-state index contributed by atoms with van der Waals surface area (Å²) in [5, 5.41) is 2.30. The van der Waals surface area contributed by atoms with Crippen molar-refractivity contribution < 1.29 is 27.4 Å². The summed E-state index contributed by atoms with van der Waals surface area (Å²) in [4.78, 5) is 43.3. The van der Waals surface area contributed by atoms with Gasteiger partial charge in [0.05, 0.1) is 30.9 Å². The smallest absolute Gasteiger partial charge is 0.418 e. The van der Waals surface area contributed by atoms with Crippen molar-refractivity contribution in [3.63, 3.8) is 0 Å². The highest BCUT2D eigenvalue weighted by Crippen LogP contribution is 2.34. The SMILES string of the molecule is COc1ccc(CCn2c(=O)c3cccnc3n(CC(=O)Nc3ccccc3C(F)(F)F)c2=O)cc1OC. The zero-order valence-electron chi connectivity index (χ0n) is 20.4. The maximum absolute atomic E-state index is 13.3. The molecule has 38 heavy (non-hydrogen) atoms. The molecule has 2 aromatic heterocycles. The summed E-state index contributed by atoms with van der Waals surface area (Å²) >= 11 is 0. The van der Waals surface area contributed by atoms with Gasteiger partial charge >= 0.3 is 11.9 Å². The van der Waals surface area contributed by atoms with E-state index >= 15 is 0 Å². The Balaban J connectivity index is 1.67. The summed E-state index contributed by atoms with van der Waals surface area (Å²) < 4.78 is 52.5. The van der Waals surface area contributed by atoms with Crippen LogP contribution in [0.4, 0.5) is 18.9 Å². The largest absolute Gasteiger partial charge is 0.493 e. The van der Waals surface area contributed by atoms with E-state index in [4.69, 9.17) is 9.47 Å². The zero-order valence-corrected chi connectivity index (χ0v) is 20.4. The Labute approximate surface area is 214 Å². The van der Waals surface area contributed by atoms with Crippen LogP contribution in [0.15, 0.2) is 70.4 Å². The average molecular weight is 528 g/mol. The van der Waals surface area contributed by atoms with Gasteiger partial charge in [-0.05, 0) is 48.4 Å². The van der Waals surface area contributed by atoms with Crippen LogP contribution in [0.25, 0.3) is 11.0 Å². The Hall–Kier alpha value is -4.61. The molecule has 0 bridgehead atoms. The third-order valence-electron chi connectivity index (χ3n) is 5.86. The molecule has 0 aliphatic carbocycles. The predicted octanol–water partition coefficient (Wildman–Crippen LogP) is 3.48. The van der Waals surface area contributed by atoms with Crippen molar-refractivity contribution in [3.8, 4) is 11.5 Å². The van der Waals surface area contributed by atoms with Gasteiger partial charge in [0.1, 0.15) is 12.2 Å². The quantitative estimate of drug-likeness (QED) is 0.376. The maximum atomic E-state index is 13.3. The first-order chi connectivity index (χ1) is 18.1. The predicted molar refractivity (Wildman–Crippen MR) is 134 cm³/mol. The number of aromatic nitrogens is 3. The first-order valence-electron chi connectivity index (χ1n) is 11.4. The second-order valence-corrected chi connectivity index (χ2v) is 8.23. The van der Waals surface area contributed by atoms with Crippen molar-refractivity contribution in [2.75, 3.05) is 19.5 Å². The number of anilines is 1. The number of methoxy groups -OCH3 is 2. The molecule has 0 unspecified atom stereocenters. The lowest BCUT2D eigenvalue weighted by molar-refractivity contribution is -0.137. The van der Waals surface area contributed by atoms with Crippen molar-refractivity contribution >= 4 is 22.6 Å². The van der Waals surface area contributed by atoms with Gasteiger partial charge in [-0.2, -0.15) is 13.2 Å². The number of rotatable bonds is 8. The Kier molecular flexibility index (Phi) is 7.51. The molecule has 2 aromatic carbocycles. The molecule has 4 rings (SSSR count). The lowest BCUT2D eigenvalue weighted by Gasteiger charge is -2.16. The number of pyridine rings is 1. The average Bonchev–Trinajstić information content (AvgIpc) is 2.90. The van der Waals surface area contributed by atoms with Crippen molar-refractivity contribution in [2.24, 2.45) is 0 Å². The number of amides is 1. The molecular formula is C26H23F3N4O5. The van der Waals surface area contributed by atoms with Gasteiger partial charge in [-0.1, -0.05) is 18.2 Å². The molecule has 2 heterocycles. The van der Waals surface area contributed by atoms with Gasteiger partial charge in [0.2, 0.25) is 5.91 Å². The van der Waals surface area contributed by atoms with Crippen LogP contribution in [-0.4, -0.2) is 34.2 Å². The first kappa shape index (κ1) is 26.5. The summed E-state index contributed by atoms with van der Waals surface area (Å²) in [6, 6.07) is 12.7. The van der Waals surface area contributed by atoms with E-state index in [1.165, 1.54) is 44.7 Å². The minimum absolute atomic E-state index is 0.0312. The van der Waals surface area contributed by atoms with Crippen LogP contribution in [0.3, 0.4) is 0 Å². The number of fused-ring (bicyclic) bond motifs is 1. The van der Waals surface area contributed by atoms with E-state index in [-0.39, 0.29) is 24.0 Å². The first-order valence-corrected chi connectivity index (χ1v) is 11.4. The third-order valence-corrected chi connectivity index (χ3v) is 5.86. The fourth-order valence-corrected chi connectivity index (χ4v) is 4.04. The monoisotopic (exact) mass is 528 g/mol. The van der Waals surface area contributed by atoms with Crippen LogP contribution in [-0.2, 0) is 30.5 Å². The van der Waals surface area contributed by atoms with E-state index in [0.717, 1.165) is 26.8 Å². The number of ether oxygens (including phenoxy) is 2. The van der Waals surface area contributed by atoms with Crippen LogP contribution in [0.2, 0.25) is 0 Å². The number of benzene rings is 2. The summed E-state index contributed by atoms with van der Waals surface area (Å²) in [5.41, 5.74) is -2.18. The number of carbonyl (C=O) groups is 1. The van der Waals surface area contributed by atoms with E-state index < -0.39 is 41.1 Å². The van der Waals surface area contributed by atoms with E-state index in [0.29, 0.717) is 11.5 Å². The third kappa shape index (κ3) is 5.38. The van der Waals surface area contributed by atoms with E-state index in [9.17, 15) is 27.6 Å². The molecule has 0 radical (unpaired) electrons. The van der Waals surface area contributed by atoms with Gasteiger partial charge in [-0.3, -0.25) is 18.7 Å². The van der Waals surface area contributed by atoms with Gasteiger partial charge < -0.3 is 14.8 Å². The molecule has 0 aliphatic heterocycles. The van der Waals surface area contributed by atoms with Crippen LogP contribution in [0.1, 0.15) is 11.1 Å². The topological polar surface area (TPSA) is 104 Å². The number of hydrogen-bond donors (Lipinski definition) is 1. The number of aryl methyl sites for hydroxylation is 1. The van der Waals surface area contributed by atoms with Crippen molar-refractivity contribution in [3.05, 3.63) is 92.8 Å². The molecule has 198 valence electrons. The summed E-state index contributed by atoms with van der Waals surface area (Å²) in [5.74, 6) is 0.111. The fourth-order valence-electron chi connectivity index (χ4n) is 4.04. The number of carbonyl (C=O) groups excluding carboxylic acids is 1. The van der Waals surface area contributed by atoms with Crippen LogP contribution in [0.5, 0.6) is 11.5 Å². The second-order valence-electron chi connectivity index (χ2n) is 8.23. The van der Waals surface area contributed by atoms with E-state index in [1.54, 1.807) is 18.2 Å². The lowest BCUT2D eigenvalue weighted by atomic mass is 10.1. The highest BCUT2D eigenvalue weighted by atomic mass is 19.4. The number of nitrogens with one attached hydrogen (secondary N) is 1. The molecule has 9 nitrogen and oxygen atoms in total. The summed E-state index contributed by atoms with van der Waals surface area (Å²) in [6.07, 6.45) is -3.07. The minimum atomic E-state index is -4.69. The highest BCUT2D eigenvalue weighted by molar-refractivity contribution is 5.92. The molecule has 0 aliphatic rings. The molecule has 0 fully saturated rings. The molecule has 0 atom stereocenters. The number of nitrogens with zero attached hydrogens (tertiary/aromatic N) is 3. The number of alkyl halides is 3. The Bertz CT molecular complexity index is 1610. The second kappa shape index (κ2) is 10.8. The van der Waals surface area contributed by atoms with Gasteiger partial charge in [0.15, 0.2) is 11.5 Å². The lowest BCUT2D eigenvalue weighted by Crippen LogP contribution is -2.42. The molecule has 1 amide bonds. The summed E-state index contributed by atoms with van der Waals surface area (Å²) in [7, 11) is 2.99. The molecule has 0 saturated carbocycles. The van der Waals surface area contributed by atoms with E-state index in [1.807, 2.05) is 0 Å². The Morgan fingerprint density at radius 3 is 2.42 bits per heavy atom. The van der Waals surface area contributed by atoms with Gasteiger partial charge in [0, 0.05) is 12.7 Å². The minimum Gasteiger partial charge on any atom is -0.493 e. The van der Waals surface area contributed by atoms with Crippen LogP contribution < -0.4 is 26.0 Å². The molecule has 0 saturated heterocycles. The summed E-state index contributed by atoms with van der Waals surface area (Å²) in [6.45, 7) is -0.689. The highest BCUT2D eigenvalue weighted by Gasteiger charge is 2.33. The van der Waals surface area contributed by atoms with Crippen LogP contribution >= 0.6 is 0 Å². The normalized spacial score (nSPS) is 11.4. The zero-order chi connectivity index (χ0) is 27.4. The van der Waals surface area contributed by atoms with Crippen molar-refractivity contribution in [2.45, 2.75) is 25.7 Å². The fraction of sp³-hybridized carbons (Fsp3) is 0.231. The number of halogens is 3. The van der Waals surface area contributed by atoms with Gasteiger partial charge in [-0.15, -0.1) is 0 Å². The van der Waals surface area contributed by atoms with Crippen molar-refractivity contribution in [1.29, 1.82) is 0 Å². The van der Waals surface area contributed by atoms with Crippen molar-refractivity contribution in [1.82, 2.24) is 14.1 Å². The molecule has 0 spiro atoms. The van der Waals surface area contributed by atoms with Gasteiger partial charge in [-0.25, -0.2) is 9.78 Å². The Morgan fingerprint density at radius 2 is 1.71 bits per heavy atom. The Morgan fingerprint density at radius 1 is 0.974 bits per heavy atom. The van der Waals surface area contributed by atoms with E-state index in [2.05, 4.69) is 10.3 Å². The standard InChI is InChI=1S/C26H23F3N4O5/c1-37-20-10-9-16(14-21(20)38-2)11-13-32-24(35)17-6-5-12-30-23(17)33(25(32)36)15-22(34)31-19-8-4-3-7-18(19)26(27,28)29/h3-10,12,14H,11,13,15H2,1-2H3,(H,31,34). The molecular weight excluding hydrogens is 505 g/mol. The molecule has 4 aromatic rings. The van der Waals surface area contributed by atoms with Gasteiger partial charge in [0.25, 0.3) is 5.56 Å². The molecule has 1 N–H and O–H groups in total. The number of para-hydroxylation sites is 1. The number of hydrogen-bond acceptors (Lipinski definition) is 6. The molecule has 12 heteroatoms.